The normalized spacial score (nSPS) is 15.3. The topological polar surface area (TPSA) is 108 Å². The molecule has 0 aliphatic carbocycles. The summed E-state index contributed by atoms with van der Waals surface area (Å²) in [5, 5.41) is 5.57. The molecule has 9 heteroatoms. The Bertz CT molecular complexity index is 1040. The van der Waals surface area contributed by atoms with E-state index in [2.05, 4.69) is 15.4 Å². The summed E-state index contributed by atoms with van der Waals surface area (Å²) in [5.41, 5.74) is 2.40. The van der Waals surface area contributed by atoms with Crippen molar-refractivity contribution in [3.05, 3.63) is 65.2 Å². The minimum absolute atomic E-state index is 0.0163. The Morgan fingerprint density at radius 2 is 1.90 bits per heavy atom. The first-order chi connectivity index (χ1) is 14.8. The number of aryl methyl sites for hydroxylation is 2. The molecule has 0 spiro atoms. The zero-order chi connectivity index (χ0) is 22.4. The van der Waals surface area contributed by atoms with Gasteiger partial charge in [-0.3, -0.25) is 4.79 Å². The highest BCUT2D eigenvalue weighted by molar-refractivity contribution is 7.89. The molecule has 0 aromatic heterocycles. The van der Waals surface area contributed by atoms with E-state index >= 15 is 0 Å². The van der Waals surface area contributed by atoms with Gasteiger partial charge in [-0.05, 0) is 37.5 Å². The molecule has 2 aromatic carbocycles. The van der Waals surface area contributed by atoms with E-state index in [4.69, 9.17) is 0 Å². The Hall–Kier alpha value is -2.91. The molecule has 1 atom stereocenters. The highest BCUT2D eigenvalue weighted by Crippen LogP contribution is 2.18. The van der Waals surface area contributed by atoms with Crippen molar-refractivity contribution in [2.24, 2.45) is 0 Å². The lowest BCUT2D eigenvalue weighted by Crippen LogP contribution is -2.51. The van der Waals surface area contributed by atoms with Crippen LogP contribution in [0.25, 0.3) is 0 Å². The van der Waals surface area contributed by atoms with Gasteiger partial charge in [0.25, 0.3) is 0 Å². The highest BCUT2D eigenvalue weighted by Gasteiger charge is 2.24. The molecule has 166 valence electrons. The lowest BCUT2D eigenvalue weighted by molar-refractivity contribution is -0.122. The summed E-state index contributed by atoms with van der Waals surface area (Å²) >= 11 is 0. The van der Waals surface area contributed by atoms with E-state index < -0.39 is 16.1 Å². The molecule has 1 aliphatic heterocycles. The predicted molar refractivity (Wildman–Crippen MR) is 118 cm³/mol. The SMILES string of the molecule is Cc1ccc(S(=O)(=O)NCC(NC(=O)CN2CCCNC2=O)c2ccccc2)c(C)c1. The molecule has 2 aromatic rings. The molecule has 1 unspecified atom stereocenters. The molecule has 0 saturated carbocycles. The van der Waals surface area contributed by atoms with Crippen molar-refractivity contribution >= 4 is 22.0 Å². The van der Waals surface area contributed by atoms with Crippen LogP contribution in [0.4, 0.5) is 4.79 Å². The second-order valence-corrected chi connectivity index (χ2v) is 9.39. The second-order valence-electron chi connectivity index (χ2n) is 7.66. The van der Waals surface area contributed by atoms with Crippen molar-refractivity contribution < 1.29 is 18.0 Å². The third-order valence-electron chi connectivity index (χ3n) is 5.14. The van der Waals surface area contributed by atoms with Crippen LogP contribution in [0.1, 0.15) is 29.2 Å². The molecule has 31 heavy (non-hydrogen) atoms. The van der Waals surface area contributed by atoms with E-state index in [1.807, 2.05) is 43.3 Å². The third kappa shape index (κ3) is 6.05. The third-order valence-corrected chi connectivity index (χ3v) is 6.72. The number of nitrogens with one attached hydrogen (secondary N) is 3. The smallest absolute Gasteiger partial charge is 0.317 e. The van der Waals surface area contributed by atoms with E-state index in [-0.39, 0.29) is 29.9 Å². The van der Waals surface area contributed by atoms with Gasteiger partial charge in [0, 0.05) is 19.6 Å². The molecule has 3 amide bonds. The van der Waals surface area contributed by atoms with Crippen LogP contribution in [-0.2, 0) is 14.8 Å². The van der Waals surface area contributed by atoms with Crippen LogP contribution >= 0.6 is 0 Å². The van der Waals surface area contributed by atoms with E-state index in [9.17, 15) is 18.0 Å². The summed E-state index contributed by atoms with van der Waals surface area (Å²) in [6, 6.07) is 13.4. The predicted octanol–water partition coefficient (Wildman–Crippen LogP) is 1.85. The van der Waals surface area contributed by atoms with Gasteiger partial charge in [-0.25, -0.2) is 17.9 Å². The fourth-order valence-corrected chi connectivity index (χ4v) is 4.82. The van der Waals surface area contributed by atoms with Crippen LogP contribution in [0.5, 0.6) is 0 Å². The molecule has 8 nitrogen and oxygen atoms in total. The average molecular weight is 445 g/mol. The molecule has 1 fully saturated rings. The molecule has 1 saturated heterocycles. The van der Waals surface area contributed by atoms with Crippen molar-refractivity contribution in [3.8, 4) is 0 Å². The number of sulfonamides is 1. The summed E-state index contributed by atoms with van der Waals surface area (Å²) in [5.74, 6) is -0.350. The fourth-order valence-electron chi connectivity index (χ4n) is 3.55. The Kier molecular flexibility index (Phi) is 7.29. The van der Waals surface area contributed by atoms with Crippen LogP contribution in [-0.4, -0.2) is 51.4 Å². The summed E-state index contributed by atoms with van der Waals surface area (Å²) in [4.78, 5) is 26.2. The zero-order valence-corrected chi connectivity index (χ0v) is 18.5. The molecule has 0 bridgehead atoms. The number of hydrogen-bond donors (Lipinski definition) is 3. The number of benzene rings is 2. The van der Waals surface area contributed by atoms with Crippen LogP contribution in [0.2, 0.25) is 0 Å². The summed E-state index contributed by atoms with van der Waals surface area (Å²) < 4.78 is 28.3. The van der Waals surface area contributed by atoms with Gasteiger partial charge in [0.1, 0.15) is 6.54 Å². The highest BCUT2D eigenvalue weighted by atomic mass is 32.2. The molecule has 3 N–H and O–H groups in total. The quantitative estimate of drug-likeness (QED) is 0.578. The lowest BCUT2D eigenvalue weighted by Gasteiger charge is -2.28. The number of urea groups is 1. The van der Waals surface area contributed by atoms with Gasteiger partial charge in [-0.2, -0.15) is 0 Å². The maximum atomic E-state index is 12.9. The maximum Gasteiger partial charge on any atom is 0.317 e. The van der Waals surface area contributed by atoms with Gasteiger partial charge >= 0.3 is 6.03 Å². The van der Waals surface area contributed by atoms with E-state index in [1.165, 1.54) is 4.90 Å². The number of carbonyl (C=O) groups is 2. The summed E-state index contributed by atoms with van der Waals surface area (Å²) in [7, 11) is -3.76. The first-order valence-electron chi connectivity index (χ1n) is 10.2. The van der Waals surface area contributed by atoms with Gasteiger partial charge in [0.2, 0.25) is 15.9 Å². The van der Waals surface area contributed by atoms with E-state index in [0.717, 1.165) is 17.5 Å². The molecule has 1 aliphatic rings. The molecule has 3 rings (SSSR count). The average Bonchev–Trinajstić information content (AvgIpc) is 2.73. The molecular formula is C22H28N4O4S. The van der Waals surface area contributed by atoms with Crippen molar-refractivity contribution in [2.75, 3.05) is 26.2 Å². The number of hydrogen-bond acceptors (Lipinski definition) is 4. The molecule has 0 radical (unpaired) electrons. The number of carbonyl (C=O) groups excluding carboxylic acids is 2. The van der Waals surface area contributed by atoms with Gasteiger partial charge in [-0.1, -0.05) is 48.0 Å². The fraction of sp³-hybridized carbons (Fsp3) is 0.364. The Balaban J connectivity index is 1.72. The van der Waals surface area contributed by atoms with Gasteiger partial charge < -0.3 is 15.5 Å². The van der Waals surface area contributed by atoms with Gasteiger partial charge in [0.15, 0.2) is 0 Å². The van der Waals surface area contributed by atoms with Crippen molar-refractivity contribution in [2.45, 2.75) is 31.2 Å². The molecular weight excluding hydrogens is 416 g/mol. The lowest BCUT2D eigenvalue weighted by atomic mass is 10.1. The minimum Gasteiger partial charge on any atom is -0.346 e. The van der Waals surface area contributed by atoms with E-state index in [1.54, 1.807) is 19.1 Å². The summed E-state index contributed by atoms with van der Waals surface area (Å²) in [6.07, 6.45) is 0.775. The monoisotopic (exact) mass is 444 g/mol. The maximum absolute atomic E-state index is 12.9. The Morgan fingerprint density at radius 1 is 1.16 bits per heavy atom. The standard InChI is InChI=1S/C22H28N4O4S/c1-16-9-10-20(17(2)13-16)31(29,30)24-14-19(18-7-4-3-5-8-18)25-21(27)15-26-12-6-11-23-22(26)28/h3-5,7-10,13,19,24H,6,11-12,14-15H2,1-2H3,(H,23,28)(H,25,27). The van der Waals surface area contributed by atoms with Crippen LogP contribution in [0.15, 0.2) is 53.4 Å². The van der Waals surface area contributed by atoms with Crippen molar-refractivity contribution in [1.29, 1.82) is 0 Å². The van der Waals surface area contributed by atoms with Crippen molar-refractivity contribution in [1.82, 2.24) is 20.3 Å². The molecule has 1 heterocycles. The van der Waals surface area contributed by atoms with E-state index in [0.29, 0.717) is 18.7 Å². The largest absolute Gasteiger partial charge is 0.346 e. The van der Waals surface area contributed by atoms with Crippen LogP contribution in [0.3, 0.4) is 0 Å². The first kappa shape index (κ1) is 22.8. The Labute approximate surface area is 183 Å². The number of rotatable bonds is 8. The van der Waals surface area contributed by atoms with Crippen molar-refractivity contribution in [3.63, 3.8) is 0 Å². The first-order valence-corrected chi connectivity index (χ1v) is 11.7. The zero-order valence-electron chi connectivity index (χ0n) is 17.7. The minimum atomic E-state index is -3.76. The second kappa shape index (κ2) is 9.93. The van der Waals surface area contributed by atoms with Crippen LogP contribution in [0, 0.1) is 13.8 Å². The van der Waals surface area contributed by atoms with Crippen LogP contribution < -0.4 is 15.4 Å². The summed E-state index contributed by atoms with van der Waals surface area (Å²) in [6.45, 7) is 4.66. The Morgan fingerprint density at radius 3 is 2.58 bits per heavy atom. The van der Waals surface area contributed by atoms with Gasteiger partial charge in [0.05, 0.1) is 10.9 Å². The number of amides is 3. The van der Waals surface area contributed by atoms with Gasteiger partial charge in [-0.15, -0.1) is 0 Å². The number of nitrogens with zero attached hydrogens (tertiary/aromatic N) is 1.